The number of hydrogen-bond donors (Lipinski definition) is 1. The van der Waals surface area contributed by atoms with Crippen LogP contribution in [0.5, 0.6) is 0 Å². The van der Waals surface area contributed by atoms with Crippen molar-refractivity contribution >= 4 is 46.0 Å². The van der Waals surface area contributed by atoms with Crippen LogP contribution in [0.3, 0.4) is 0 Å². The van der Waals surface area contributed by atoms with Gasteiger partial charge in [-0.05, 0) is 66.9 Å². The van der Waals surface area contributed by atoms with Gasteiger partial charge in [0.05, 0.1) is 6.42 Å². The standard InChI is InChI=1S/C25H26N2O3S2/c1-17(28)18-10-12-20(13-11-18)27(23(29)16-21-8-4-14-31-21)24(22-9-5-15-32-22)25(30)26-19-6-2-3-7-19/h4-5,8-15,19,24H,2-3,6-7,16H2,1H3,(H,26,30)/t24-/m0/s1. The van der Waals surface area contributed by atoms with Crippen LogP contribution in [0.4, 0.5) is 5.69 Å². The fourth-order valence-corrected chi connectivity index (χ4v) is 5.62. The number of thiophene rings is 2. The minimum absolute atomic E-state index is 0.0400. The molecule has 2 amide bonds. The molecule has 0 unspecified atom stereocenters. The summed E-state index contributed by atoms with van der Waals surface area (Å²) in [6.07, 6.45) is 4.38. The molecule has 1 aliphatic carbocycles. The molecule has 0 saturated heterocycles. The third-order valence-corrected chi connectivity index (χ3v) is 7.55. The van der Waals surface area contributed by atoms with Crippen molar-refractivity contribution in [2.75, 3.05) is 4.90 Å². The van der Waals surface area contributed by atoms with Gasteiger partial charge in [-0.15, -0.1) is 22.7 Å². The Labute approximate surface area is 196 Å². The van der Waals surface area contributed by atoms with Crippen LogP contribution < -0.4 is 10.2 Å². The highest BCUT2D eigenvalue weighted by molar-refractivity contribution is 7.10. The molecule has 1 N–H and O–H groups in total. The lowest BCUT2D eigenvalue weighted by atomic mass is 10.1. The number of carbonyl (C=O) groups is 3. The van der Waals surface area contributed by atoms with Crippen molar-refractivity contribution in [1.29, 1.82) is 0 Å². The first-order valence-corrected chi connectivity index (χ1v) is 12.6. The number of anilines is 1. The molecule has 2 heterocycles. The van der Waals surface area contributed by atoms with Gasteiger partial charge in [0.2, 0.25) is 11.8 Å². The Hall–Kier alpha value is -2.77. The lowest BCUT2D eigenvalue weighted by molar-refractivity contribution is -0.126. The Morgan fingerprint density at radius 1 is 1.00 bits per heavy atom. The maximum atomic E-state index is 13.6. The zero-order valence-electron chi connectivity index (χ0n) is 18.0. The van der Waals surface area contributed by atoms with E-state index in [1.807, 2.05) is 35.0 Å². The van der Waals surface area contributed by atoms with Crippen LogP contribution in [0.1, 0.15) is 58.8 Å². The summed E-state index contributed by atoms with van der Waals surface area (Å²) in [7, 11) is 0. The second-order valence-corrected chi connectivity index (χ2v) is 10.0. The van der Waals surface area contributed by atoms with Crippen molar-refractivity contribution in [3.63, 3.8) is 0 Å². The number of ketones is 1. The van der Waals surface area contributed by atoms with Crippen molar-refractivity contribution < 1.29 is 14.4 Å². The number of rotatable bonds is 8. The molecule has 3 aromatic rings. The summed E-state index contributed by atoms with van der Waals surface area (Å²) in [4.78, 5) is 42.3. The molecule has 1 saturated carbocycles. The van der Waals surface area contributed by atoms with Crippen LogP contribution in [0.25, 0.3) is 0 Å². The van der Waals surface area contributed by atoms with Crippen LogP contribution >= 0.6 is 22.7 Å². The average molecular weight is 467 g/mol. The number of nitrogens with zero attached hydrogens (tertiary/aromatic N) is 1. The molecule has 1 atom stereocenters. The minimum Gasteiger partial charge on any atom is -0.351 e. The Morgan fingerprint density at radius 3 is 2.28 bits per heavy atom. The van der Waals surface area contributed by atoms with Crippen molar-refractivity contribution in [2.24, 2.45) is 0 Å². The quantitative estimate of drug-likeness (QED) is 0.453. The predicted molar refractivity (Wildman–Crippen MR) is 129 cm³/mol. The van der Waals surface area contributed by atoms with Crippen molar-refractivity contribution in [3.05, 3.63) is 74.6 Å². The van der Waals surface area contributed by atoms with Gasteiger partial charge in [-0.1, -0.05) is 25.0 Å². The highest BCUT2D eigenvalue weighted by Crippen LogP contribution is 2.32. The highest BCUT2D eigenvalue weighted by Gasteiger charge is 2.35. The average Bonchev–Trinajstić information content (AvgIpc) is 3.55. The van der Waals surface area contributed by atoms with Crippen LogP contribution in [-0.4, -0.2) is 23.6 Å². The Balaban J connectivity index is 1.72. The molecule has 5 nitrogen and oxygen atoms in total. The summed E-state index contributed by atoms with van der Waals surface area (Å²) in [6, 6.07) is 14.0. The van der Waals surface area contributed by atoms with Gasteiger partial charge in [0.1, 0.15) is 6.04 Å². The van der Waals surface area contributed by atoms with Gasteiger partial charge in [0.15, 0.2) is 5.78 Å². The van der Waals surface area contributed by atoms with Crippen LogP contribution in [0.15, 0.2) is 59.3 Å². The third-order valence-electron chi connectivity index (χ3n) is 5.75. The maximum Gasteiger partial charge on any atom is 0.248 e. The van der Waals surface area contributed by atoms with E-state index in [9.17, 15) is 14.4 Å². The monoisotopic (exact) mass is 466 g/mol. The number of hydrogen-bond acceptors (Lipinski definition) is 5. The van der Waals surface area contributed by atoms with E-state index in [4.69, 9.17) is 0 Å². The molecular weight excluding hydrogens is 440 g/mol. The van der Waals surface area contributed by atoms with Gasteiger partial charge in [0, 0.05) is 27.0 Å². The topological polar surface area (TPSA) is 66.5 Å². The van der Waals surface area contributed by atoms with E-state index >= 15 is 0 Å². The fourth-order valence-electron chi connectivity index (χ4n) is 4.11. The number of benzene rings is 1. The normalized spacial score (nSPS) is 14.8. The predicted octanol–water partition coefficient (Wildman–Crippen LogP) is 5.39. The van der Waals surface area contributed by atoms with Gasteiger partial charge in [-0.2, -0.15) is 0 Å². The Morgan fingerprint density at radius 2 is 1.69 bits per heavy atom. The molecule has 7 heteroatoms. The zero-order valence-corrected chi connectivity index (χ0v) is 19.6. The number of nitrogens with one attached hydrogen (secondary N) is 1. The summed E-state index contributed by atoms with van der Waals surface area (Å²) in [6.45, 7) is 1.51. The summed E-state index contributed by atoms with van der Waals surface area (Å²) in [5, 5.41) is 7.05. The molecule has 166 valence electrons. The van der Waals surface area contributed by atoms with Crippen molar-refractivity contribution in [3.8, 4) is 0 Å². The van der Waals surface area contributed by atoms with Crippen molar-refractivity contribution in [1.82, 2.24) is 5.32 Å². The molecule has 0 radical (unpaired) electrons. The summed E-state index contributed by atoms with van der Waals surface area (Å²) in [5.74, 6) is -0.348. The molecule has 2 aromatic heterocycles. The van der Waals surface area contributed by atoms with Gasteiger partial charge >= 0.3 is 0 Å². The van der Waals surface area contributed by atoms with Gasteiger partial charge in [0.25, 0.3) is 0 Å². The first-order chi connectivity index (χ1) is 15.5. The molecule has 1 fully saturated rings. The molecule has 32 heavy (non-hydrogen) atoms. The molecule has 1 aromatic carbocycles. The largest absolute Gasteiger partial charge is 0.351 e. The zero-order chi connectivity index (χ0) is 22.5. The number of Topliss-reactive ketones (excluding diaryl/α,β-unsaturated/α-hetero) is 1. The summed E-state index contributed by atoms with van der Waals surface area (Å²) in [5.41, 5.74) is 1.18. The molecule has 0 bridgehead atoms. The van der Waals surface area contributed by atoms with Crippen molar-refractivity contribution in [2.45, 2.75) is 51.1 Å². The van der Waals surface area contributed by atoms with Crippen LogP contribution in [-0.2, 0) is 16.0 Å². The molecule has 4 rings (SSSR count). The lowest BCUT2D eigenvalue weighted by Gasteiger charge is -2.31. The lowest BCUT2D eigenvalue weighted by Crippen LogP contribution is -2.46. The summed E-state index contributed by atoms with van der Waals surface area (Å²) < 4.78 is 0. The van der Waals surface area contributed by atoms with Crippen LogP contribution in [0, 0.1) is 0 Å². The Bertz CT molecular complexity index is 1050. The van der Waals surface area contributed by atoms with E-state index in [1.54, 1.807) is 29.2 Å². The van der Waals surface area contributed by atoms with E-state index in [-0.39, 0.29) is 30.1 Å². The number of amides is 2. The fraction of sp³-hybridized carbons (Fsp3) is 0.320. The van der Waals surface area contributed by atoms with E-state index < -0.39 is 6.04 Å². The van der Waals surface area contributed by atoms with Gasteiger partial charge < -0.3 is 5.32 Å². The third kappa shape index (κ3) is 5.16. The molecular formula is C25H26N2O3S2. The number of carbonyl (C=O) groups excluding carboxylic acids is 3. The van der Waals surface area contributed by atoms with Crippen LogP contribution in [0.2, 0.25) is 0 Å². The summed E-state index contributed by atoms with van der Waals surface area (Å²) >= 11 is 2.99. The second kappa shape index (κ2) is 10.2. The molecule has 1 aliphatic rings. The first kappa shape index (κ1) is 22.4. The first-order valence-electron chi connectivity index (χ1n) is 10.8. The molecule has 0 spiro atoms. The SMILES string of the molecule is CC(=O)c1ccc(N(C(=O)Cc2cccs2)[C@H](C(=O)NC2CCCC2)c2cccs2)cc1. The maximum absolute atomic E-state index is 13.6. The highest BCUT2D eigenvalue weighted by atomic mass is 32.1. The van der Waals surface area contributed by atoms with Gasteiger partial charge in [-0.3, -0.25) is 19.3 Å². The van der Waals surface area contributed by atoms with Gasteiger partial charge in [-0.25, -0.2) is 0 Å². The van der Waals surface area contributed by atoms with E-state index in [0.29, 0.717) is 11.3 Å². The smallest absolute Gasteiger partial charge is 0.248 e. The van der Waals surface area contributed by atoms with E-state index in [1.165, 1.54) is 29.6 Å². The van der Waals surface area contributed by atoms with E-state index in [0.717, 1.165) is 35.4 Å². The van der Waals surface area contributed by atoms with E-state index in [2.05, 4.69) is 5.32 Å². The second-order valence-electron chi connectivity index (χ2n) is 8.03. The Kier molecular flexibility index (Phi) is 7.17. The minimum atomic E-state index is -0.758. The molecule has 0 aliphatic heterocycles.